The van der Waals surface area contributed by atoms with Gasteiger partial charge in [-0.2, -0.15) is 0 Å². The van der Waals surface area contributed by atoms with Crippen molar-refractivity contribution in [3.05, 3.63) is 35.7 Å². The molecule has 0 saturated carbocycles. The van der Waals surface area contributed by atoms with Gasteiger partial charge >= 0.3 is 0 Å². The number of aldehydes is 1. The number of benzene rings is 1. The molecule has 2 aromatic rings. The molecule has 8 nitrogen and oxygen atoms in total. The number of hydrogen-bond donors (Lipinski definition) is 2. The second-order valence-corrected chi connectivity index (χ2v) is 6.11. The third-order valence-corrected chi connectivity index (χ3v) is 4.03. The van der Waals surface area contributed by atoms with Gasteiger partial charge in [0.15, 0.2) is 23.5 Å². The molecule has 0 aliphatic rings. The van der Waals surface area contributed by atoms with Crippen molar-refractivity contribution in [2.75, 3.05) is 41.3 Å². The minimum atomic E-state index is -0.625. The lowest BCUT2D eigenvalue weighted by Crippen LogP contribution is -2.34. The van der Waals surface area contributed by atoms with E-state index in [0.29, 0.717) is 30.8 Å². The van der Waals surface area contributed by atoms with Gasteiger partial charge in [0.05, 0.1) is 7.11 Å². The number of methoxy groups -OCH3 is 1. The van der Waals surface area contributed by atoms with Crippen molar-refractivity contribution < 1.29 is 24.5 Å². The van der Waals surface area contributed by atoms with Crippen LogP contribution in [0.25, 0.3) is 5.69 Å². The summed E-state index contributed by atoms with van der Waals surface area (Å²) in [6, 6.07) is 6.56. The van der Waals surface area contributed by atoms with Gasteiger partial charge in [0, 0.05) is 25.8 Å². The van der Waals surface area contributed by atoms with Crippen molar-refractivity contribution in [2.45, 2.75) is 0 Å². The highest BCUT2D eigenvalue weighted by Crippen LogP contribution is 2.38. The van der Waals surface area contributed by atoms with E-state index in [0.717, 1.165) is 0 Å². The molecule has 0 saturated heterocycles. The molecule has 0 aliphatic heterocycles. The number of ether oxygens (including phenoxy) is 1. The largest absolute Gasteiger partial charge is 0.503 e. The van der Waals surface area contributed by atoms with Crippen molar-refractivity contribution in [1.29, 1.82) is 0 Å². The Bertz CT molecular complexity index is 796. The van der Waals surface area contributed by atoms with Crippen molar-refractivity contribution >= 4 is 12.2 Å². The number of likely N-dealkylation sites (N-methyl/N-ethyl adjacent to an activating group) is 2. The molecule has 0 unspecified atom stereocenters. The Morgan fingerprint density at radius 3 is 2.23 bits per heavy atom. The third-order valence-electron chi connectivity index (χ3n) is 4.03. The van der Waals surface area contributed by atoms with E-state index in [1.54, 1.807) is 31.3 Å². The smallest absolute Gasteiger partial charge is 0.274 e. The first-order valence-corrected chi connectivity index (χ1v) is 7.98. The summed E-state index contributed by atoms with van der Waals surface area (Å²) >= 11 is 0. The molecule has 1 amide bonds. The Morgan fingerprint density at radius 2 is 1.73 bits per heavy atom. The number of nitrogens with zero attached hydrogens (tertiary/aromatic N) is 3. The molecular weight excluding hydrogens is 338 g/mol. The molecule has 26 heavy (non-hydrogen) atoms. The first-order chi connectivity index (χ1) is 12.3. The highest BCUT2D eigenvalue weighted by Gasteiger charge is 2.29. The molecule has 0 aliphatic carbocycles. The highest BCUT2D eigenvalue weighted by atomic mass is 16.5. The zero-order valence-electron chi connectivity index (χ0n) is 15.3. The van der Waals surface area contributed by atoms with Crippen LogP contribution in [0.15, 0.2) is 24.3 Å². The first-order valence-electron chi connectivity index (χ1n) is 7.98. The Hall–Kier alpha value is -3.00. The maximum absolute atomic E-state index is 12.9. The Balaban J connectivity index is 2.54. The molecule has 1 heterocycles. The van der Waals surface area contributed by atoms with Crippen LogP contribution in [0.5, 0.6) is 17.2 Å². The van der Waals surface area contributed by atoms with E-state index >= 15 is 0 Å². The maximum atomic E-state index is 12.9. The Labute approximate surface area is 151 Å². The van der Waals surface area contributed by atoms with E-state index in [-0.39, 0.29) is 11.4 Å². The second-order valence-electron chi connectivity index (χ2n) is 6.11. The number of carbonyl (C=O) groups is 2. The van der Waals surface area contributed by atoms with E-state index in [1.807, 2.05) is 19.0 Å². The number of rotatable bonds is 7. The van der Waals surface area contributed by atoms with Crippen LogP contribution < -0.4 is 4.74 Å². The van der Waals surface area contributed by atoms with E-state index in [2.05, 4.69) is 0 Å². The van der Waals surface area contributed by atoms with E-state index in [1.165, 1.54) is 16.6 Å². The molecule has 2 rings (SSSR count). The van der Waals surface area contributed by atoms with Gasteiger partial charge in [0.25, 0.3) is 5.91 Å². The zero-order chi connectivity index (χ0) is 19.4. The molecule has 0 atom stereocenters. The summed E-state index contributed by atoms with van der Waals surface area (Å²) in [5.74, 6) is -1.16. The minimum absolute atomic E-state index is 0.170. The summed E-state index contributed by atoms with van der Waals surface area (Å²) < 4.78 is 6.35. The molecule has 1 aromatic heterocycles. The number of aromatic hydroxyl groups is 2. The first kappa shape index (κ1) is 19.3. The predicted molar refractivity (Wildman–Crippen MR) is 96.6 cm³/mol. The van der Waals surface area contributed by atoms with Crippen LogP contribution in [0.1, 0.15) is 21.0 Å². The van der Waals surface area contributed by atoms with Crippen LogP contribution in [-0.4, -0.2) is 78.1 Å². The summed E-state index contributed by atoms with van der Waals surface area (Å²) in [6.07, 6.45) is 0.399. The van der Waals surface area contributed by atoms with Gasteiger partial charge in [-0.25, -0.2) is 0 Å². The van der Waals surface area contributed by atoms with Gasteiger partial charge in [0.1, 0.15) is 11.4 Å². The fourth-order valence-corrected chi connectivity index (χ4v) is 2.50. The van der Waals surface area contributed by atoms with Gasteiger partial charge < -0.3 is 24.7 Å². The highest BCUT2D eigenvalue weighted by molar-refractivity contribution is 6.00. The van der Waals surface area contributed by atoms with E-state index in [4.69, 9.17) is 4.74 Å². The maximum Gasteiger partial charge on any atom is 0.274 e. The lowest BCUT2D eigenvalue weighted by molar-refractivity contribution is 0.0775. The second kappa shape index (κ2) is 7.92. The number of hydrogen-bond acceptors (Lipinski definition) is 6. The summed E-state index contributed by atoms with van der Waals surface area (Å²) in [7, 11) is 6.88. The average molecular weight is 361 g/mol. The van der Waals surface area contributed by atoms with Crippen molar-refractivity contribution in [3.8, 4) is 22.9 Å². The Kier molecular flexibility index (Phi) is 5.89. The summed E-state index contributed by atoms with van der Waals surface area (Å²) in [6.45, 7) is 1.04. The van der Waals surface area contributed by atoms with Crippen LogP contribution >= 0.6 is 0 Å². The molecule has 140 valence electrons. The van der Waals surface area contributed by atoms with E-state index < -0.39 is 17.4 Å². The van der Waals surface area contributed by atoms with Gasteiger partial charge in [-0.05, 0) is 38.4 Å². The lowest BCUT2D eigenvalue weighted by atomic mass is 10.2. The van der Waals surface area contributed by atoms with Crippen LogP contribution in [0.4, 0.5) is 0 Å². The number of carbonyl (C=O) groups excluding carboxylic acids is 2. The van der Waals surface area contributed by atoms with Crippen LogP contribution in [-0.2, 0) is 0 Å². The van der Waals surface area contributed by atoms with Gasteiger partial charge in [-0.1, -0.05) is 0 Å². The molecule has 0 spiro atoms. The third kappa shape index (κ3) is 3.65. The molecular formula is C18H23N3O5. The Morgan fingerprint density at radius 1 is 1.12 bits per heavy atom. The fraction of sp³-hybridized carbons (Fsp3) is 0.333. The topological polar surface area (TPSA) is 95.2 Å². The molecule has 1 aromatic carbocycles. The minimum Gasteiger partial charge on any atom is -0.503 e. The summed E-state index contributed by atoms with van der Waals surface area (Å²) in [4.78, 5) is 27.7. The molecule has 2 N–H and O–H groups in total. The van der Waals surface area contributed by atoms with Crippen LogP contribution in [0, 0.1) is 0 Å². The molecule has 0 fully saturated rings. The quantitative estimate of drug-likeness (QED) is 0.723. The average Bonchev–Trinajstić information content (AvgIpc) is 2.89. The monoisotopic (exact) mass is 361 g/mol. The van der Waals surface area contributed by atoms with Crippen LogP contribution in [0.2, 0.25) is 0 Å². The fourth-order valence-electron chi connectivity index (χ4n) is 2.50. The van der Waals surface area contributed by atoms with Gasteiger partial charge in [-0.15, -0.1) is 0 Å². The summed E-state index contributed by atoms with van der Waals surface area (Å²) in [5.41, 5.74) is 0.0703. The molecule has 8 heteroatoms. The van der Waals surface area contributed by atoms with Crippen molar-refractivity contribution in [2.24, 2.45) is 0 Å². The molecule has 0 bridgehead atoms. The van der Waals surface area contributed by atoms with E-state index in [9.17, 15) is 19.8 Å². The molecule has 0 radical (unpaired) electrons. The summed E-state index contributed by atoms with van der Waals surface area (Å²) in [5, 5.41) is 20.4. The van der Waals surface area contributed by atoms with Gasteiger partial charge in [0.2, 0.25) is 0 Å². The number of aromatic nitrogens is 1. The van der Waals surface area contributed by atoms with Crippen LogP contribution in [0.3, 0.4) is 0 Å². The normalized spacial score (nSPS) is 10.8. The van der Waals surface area contributed by atoms with Gasteiger partial charge in [-0.3, -0.25) is 14.2 Å². The van der Waals surface area contributed by atoms with Crippen molar-refractivity contribution in [1.82, 2.24) is 14.4 Å². The lowest BCUT2D eigenvalue weighted by Gasteiger charge is -2.21. The zero-order valence-corrected chi connectivity index (χ0v) is 15.3. The number of amides is 1. The predicted octanol–water partition coefficient (Wildman–Crippen LogP) is 1.34. The van der Waals surface area contributed by atoms with Crippen molar-refractivity contribution in [3.63, 3.8) is 0 Å². The SMILES string of the molecule is COc1ccc(-n2c(C=O)c(O)c(O)c2C(=O)N(C)CCN(C)C)cc1. The standard InChI is InChI=1S/C18H23N3O5/c1-19(2)9-10-20(3)18(25)15-17(24)16(23)14(11-22)21(15)12-5-7-13(26-4)8-6-12/h5-8,11,23-24H,9-10H2,1-4H3.